The van der Waals surface area contributed by atoms with Crippen LogP contribution in [0, 0.1) is 0 Å². The molecule has 0 fully saturated rings. The number of benzene rings is 1. The molecule has 1 aliphatic rings. The van der Waals surface area contributed by atoms with E-state index in [1.807, 2.05) is 30.3 Å². The molecule has 1 aromatic carbocycles. The second kappa shape index (κ2) is 6.59. The standard InChI is InChI=1S/C19H19N3O4/c1-24-16-7-3-6-13(18(16)25-2)14-9-17(23)21-19-15(14)10-20-22(19)11-12-5-4-8-26-12/h3-8,10,14H,9,11H2,1-2H3,(H,21,23)/t14-/m0/s1. The molecule has 0 saturated carbocycles. The van der Waals surface area contributed by atoms with Crippen molar-refractivity contribution in [3.8, 4) is 11.5 Å². The molecule has 0 spiro atoms. The minimum atomic E-state index is -0.158. The second-order valence-corrected chi connectivity index (χ2v) is 6.07. The van der Waals surface area contributed by atoms with Crippen molar-refractivity contribution in [2.75, 3.05) is 19.5 Å². The van der Waals surface area contributed by atoms with Crippen molar-refractivity contribution in [3.05, 3.63) is 59.7 Å². The first kappa shape index (κ1) is 16.3. The van der Waals surface area contributed by atoms with Crippen molar-refractivity contribution < 1.29 is 18.7 Å². The van der Waals surface area contributed by atoms with E-state index in [2.05, 4.69) is 10.4 Å². The molecular formula is C19H19N3O4. The van der Waals surface area contributed by atoms with Gasteiger partial charge >= 0.3 is 0 Å². The van der Waals surface area contributed by atoms with E-state index < -0.39 is 0 Å². The summed E-state index contributed by atoms with van der Waals surface area (Å²) in [6.45, 7) is 0.449. The number of para-hydroxylation sites is 1. The van der Waals surface area contributed by atoms with Gasteiger partial charge in [-0.2, -0.15) is 5.10 Å². The predicted molar refractivity (Wildman–Crippen MR) is 94.7 cm³/mol. The molecule has 1 aliphatic heterocycles. The van der Waals surface area contributed by atoms with Gasteiger partial charge in [-0.15, -0.1) is 0 Å². The zero-order valence-corrected chi connectivity index (χ0v) is 14.6. The molecule has 7 heteroatoms. The third-order valence-corrected chi connectivity index (χ3v) is 4.59. The molecule has 134 valence electrons. The summed E-state index contributed by atoms with van der Waals surface area (Å²) in [5.74, 6) is 2.52. The fraction of sp³-hybridized carbons (Fsp3) is 0.263. The van der Waals surface area contributed by atoms with Crippen molar-refractivity contribution >= 4 is 11.7 Å². The monoisotopic (exact) mass is 353 g/mol. The van der Waals surface area contributed by atoms with Crippen molar-refractivity contribution in [1.29, 1.82) is 0 Å². The van der Waals surface area contributed by atoms with Crippen molar-refractivity contribution in [1.82, 2.24) is 9.78 Å². The molecule has 0 unspecified atom stereocenters. The van der Waals surface area contributed by atoms with Crippen LogP contribution in [0.1, 0.15) is 29.2 Å². The van der Waals surface area contributed by atoms with E-state index in [1.165, 1.54) is 0 Å². The molecule has 0 bridgehead atoms. The Bertz CT molecular complexity index is 930. The lowest BCUT2D eigenvalue weighted by Gasteiger charge is -2.25. The Morgan fingerprint density at radius 1 is 1.23 bits per heavy atom. The number of methoxy groups -OCH3 is 2. The third kappa shape index (κ3) is 2.71. The van der Waals surface area contributed by atoms with Crippen LogP contribution in [0.3, 0.4) is 0 Å². The van der Waals surface area contributed by atoms with Gasteiger partial charge in [0.1, 0.15) is 18.1 Å². The van der Waals surface area contributed by atoms with Gasteiger partial charge in [-0.05, 0) is 18.2 Å². The summed E-state index contributed by atoms with van der Waals surface area (Å²) < 4.78 is 18.1. The number of anilines is 1. The first-order chi connectivity index (χ1) is 12.7. The van der Waals surface area contributed by atoms with Gasteiger partial charge in [0.25, 0.3) is 0 Å². The maximum Gasteiger partial charge on any atom is 0.226 e. The Labute approximate surface area is 150 Å². The van der Waals surface area contributed by atoms with Gasteiger partial charge in [-0.3, -0.25) is 4.79 Å². The minimum Gasteiger partial charge on any atom is -0.493 e. The van der Waals surface area contributed by atoms with Gasteiger partial charge in [-0.1, -0.05) is 12.1 Å². The molecule has 1 atom stereocenters. The average molecular weight is 353 g/mol. The lowest BCUT2D eigenvalue weighted by atomic mass is 9.86. The van der Waals surface area contributed by atoms with E-state index in [4.69, 9.17) is 13.9 Å². The molecule has 3 aromatic rings. The molecule has 2 aromatic heterocycles. The Morgan fingerprint density at radius 2 is 2.12 bits per heavy atom. The summed E-state index contributed by atoms with van der Waals surface area (Å²) in [5, 5.41) is 7.39. The van der Waals surface area contributed by atoms with E-state index in [0.717, 1.165) is 16.9 Å². The second-order valence-electron chi connectivity index (χ2n) is 6.07. The lowest BCUT2D eigenvalue weighted by Crippen LogP contribution is -2.25. The van der Waals surface area contributed by atoms with E-state index in [0.29, 0.717) is 30.3 Å². The smallest absolute Gasteiger partial charge is 0.226 e. The van der Waals surface area contributed by atoms with Gasteiger partial charge < -0.3 is 19.2 Å². The quantitative estimate of drug-likeness (QED) is 0.763. The first-order valence-electron chi connectivity index (χ1n) is 8.30. The van der Waals surface area contributed by atoms with Crippen LogP contribution < -0.4 is 14.8 Å². The maximum absolute atomic E-state index is 12.4. The fourth-order valence-electron chi connectivity index (χ4n) is 3.40. The molecular weight excluding hydrogens is 334 g/mol. The summed E-state index contributed by atoms with van der Waals surface area (Å²) >= 11 is 0. The number of carbonyl (C=O) groups is 1. The average Bonchev–Trinajstić information content (AvgIpc) is 3.31. The molecule has 0 saturated heterocycles. The fourth-order valence-corrected chi connectivity index (χ4v) is 3.40. The number of hydrogen-bond acceptors (Lipinski definition) is 5. The number of nitrogens with zero attached hydrogens (tertiary/aromatic N) is 2. The first-order valence-corrected chi connectivity index (χ1v) is 8.30. The Balaban J connectivity index is 1.77. The lowest BCUT2D eigenvalue weighted by molar-refractivity contribution is -0.116. The van der Waals surface area contributed by atoms with Gasteiger partial charge in [-0.25, -0.2) is 4.68 Å². The van der Waals surface area contributed by atoms with Gasteiger partial charge in [0.05, 0.1) is 26.7 Å². The zero-order chi connectivity index (χ0) is 18.1. The number of hydrogen-bond donors (Lipinski definition) is 1. The predicted octanol–water partition coefficient (Wildman–Crippen LogP) is 3.02. The Hall–Kier alpha value is -3.22. The normalized spacial score (nSPS) is 16.1. The molecule has 3 heterocycles. The van der Waals surface area contributed by atoms with Gasteiger partial charge in [0.15, 0.2) is 11.5 Å². The molecule has 1 amide bonds. The largest absolute Gasteiger partial charge is 0.493 e. The molecule has 0 aliphatic carbocycles. The maximum atomic E-state index is 12.4. The number of amides is 1. The highest BCUT2D eigenvalue weighted by Gasteiger charge is 2.32. The zero-order valence-electron chi connectivity index (χ0n) is 14.6. The molecule has 7 nitrogen and oxygen atoms in total. The van der Waals surface area contributed by atoms with E-state index in [9.17, 15) is 4.79 Å². The number of ether oxygens (including phenoxy) is 2. The number of fused-ring (bicyclic) bond motifs is 1. The Morgan fingerprint density at radius 3 is 2.85 bits per heavy atom. The van der Waals surface area contributed by atoms with Crippen molar-refractivity contribution in [3.63, 3.8) is 0 Å². The number of carbonyl (C=O) groups excluding carboxylic acids is 1. The van der Waals surface area contributed by atoms with Crippen LogP contribution in [0.25, 0.3) is 0 Å². The van der Waals surface area contributed by atoms with Gasteiger partial charge in [0, 0.05) is 23.5 Å². The topological polar surface area (TPSA) is 78.5 Å². The number of furan rings is 1. The molecule has 0 radical (unpaired) electrons. The van der Waals surface area contributed by atoms with Crippen LogP contribution in [0.4, 0.5) is 5.82 Å². The van der Waals surface area contributed by atoms with E-state index in [-0.39, 0.29) is 11.8 Å². The van der Waals surface area contributed by atoms with Crippen LogP contribution in [-0.2, 0) is 11.3 Å². The number of aromatic nitrogens is 2. The van der Waals surface area contributed by atoms with Crippen molar-refractivity contribution in [2.24, 2.45) is 0 Å². The highest BCUT2D eigenvalue weighted by atomic mass is 16.5. The van der Waals surface area contributed by atoms with Gasteiger partial charge in [0.2, 0.25) is 5.91 Å². The summed E-state index contributed by atoms with van der Waals surface area (Å²) in [7, 11) is 3.20. The summed E-state index contributed by atoms with van der Waals surface area (Å²) in [4.78, 5) is 12.4. The molecule has 4 rings (SSSR count). The molecule has 26 heavy (non-hydrogen) atoms. The molecule has 1 N–H and O–H groups in total. The van der Waals surface area contributed by atoms with Crippen LogP contribution in [0.2, 0.25) is 0 Å². The minimum absolute atomic E-state index is 0.0615. The number of nitrogens with one attached hydrogen (secondary N) is 1. The van der Waals surface area contributed by atoms with Crippen LogP contribution in [-0.4, -0.2) is 29.9 Å². The van der Waals surface area contributed by atoms with E-state index in [1.54, 1.807) is 31.4 Å². The third-order valence-electron chi connectivity index (χ3n) is 4.59. The van der Waals surface area contributed by atoms with Crippen LogP contribution >= 0.6 is 0 Å². The summed E-state index contributed by atoms with van der Waals surface area (Å²) in [6, 6.07) is 9.40. The SMILES string of the molecule is COc1cccc([C@@H]2CC(=O)Nc3c2cnn3Cc2ccco2)c1OC. The Kier molecular flexibility index (Phi) is 4.12. The number of rotatable bonds is 5. The highest BCUT2D eigenvalue weighted by Crippen LogP contribution is 2.43. The summed E-state index contributed by atoms with van der Waals surface area (Å²) in [6.07, 6.45) is 3.73. The van der Waals surface area contributed by atoms with Crippen LogP contribution in [0.5, 0.6) is 11.5 Å². The van der Waals surface area contributed by atoms with Crippen molar-refractivity contribution in [2.45, 2.75) is 18.9 Å². The van der Waals surface area contributed by atoms with E-state index >= 15 is 0 Å². The van der Waals surface area contributed by atoms with Crippen LogP contribution in [0.15, 0.2) is 47.2 Å². The summed E-state index contributed by atoms with van der Waals surface area (Å²) in [5.41, 5.74) is 1.85. The highest BCUT2D eigenvalue weighted by molar-refractivity contribution is 5.94.